The van der Waals surface area contributed by atoms with Gasteiger partial charge >= 0.3 is 5.51 Å². The number of rotatable bonds is 1. The molecule has 0 radical (unpaired) electrons. The molecule has 20 heavy (non-hydrogen) atoms. The first-order valence-electron chi connectivity index (χ1n) is 6.91. The van der Waals surface area contributed by atoms with E-state index in [1.54, 1.807) is 0 Å². The molecule has 0 aromatic carbocycles. The second kappa shape index (κ2) is 4.33. The highest BCUT2D eigenvalue weighted by atomic mass is 32.2. The second-order valence-electron chi connectivity index (χ2n) is 5.83. The van der Waals surface area contributed by atoms with Gasteiger partial charge < -0.3 is 9.47 Å². The molecule has 2 atom stereocenters. The molecule has 2 unspecified atom stereocenters. The van der Waals surface area contributed by atoms with E-state index < -0.39 is 32.2 Å². The molecule has 2 aliphatic carbocycles. The van der Waals surface area contributed by atoms with Crippen LogP contribution in [-0.2, 0) is 19.3 Å². The Morgan fingerprint density at radius 3 is 2.25 bits per heavy atom. The normalized spacial score (nSPS) is 37.2. The van der Waals surface area contributed by atoms with Gasteiger partial charge in [0.05, 0.1) is 0 Å². The highest BCUT2D eigenvalue weighted by molar-refractivity contribution is 7.93. The third kappa shape index (κ3) is 1.84. The number of fused-ring (bicyclic) bond motifs is 1. The molecular formula is C12H17F3O4S. The van der Waals surface area contributed by atoms with Crippen LogP contribution in [0.5, 0.6) is 0 Å². The molecule has 1 spiro atoms. The molecule has 3 fully saturated rings. The van der Waals surface area contributed by atoms with Crippen molar-refractivity contribution >= 4 is 9.84 Å². The smallest absolute Gasteiger partial charge is 0.342 e. The van der Waals surface area contributed by atoms with E-state index in [0.717, 1.165) is 19.3 Å². The van der Waals surface area contributed by atoms with E-state index in [4.69, 9.17) is 9.47 Å². The first-order valence-corrected chi connectivity index (χ1v) is 8.40. The number of halogens is 3. The van der Waals surface area contributed by atoms with Gasteiger partial charge in [0.25, 0.3) is 9.84 Å². The lowest BCUT2D eigenvalue weighted by Crippen LogP contribution is -2.50. The summed E-state index contributed by atoms with van der Waals surface area (Å²) in [5.41, 5.74) is -5.31. The predicted molar refractivity (Wildman–Crippen MR) is 63.3 cm³/mol. The quantitative estimate of drug-likeness (QED) is 0.747. The Labute approximate surface area is 115 Å². The number of hydrogen-bond acceptors (Lipinski definition) is 4. The summed E-state index contributed by atoms with van der Waals surface area (Å²) in [7, 11) is -5.40. The summed E-state index contributed by atoms with van der Waals surface area (Å²) >= 11 is 0. The standard InChI is InChI=1S/C12H17F3O4S/c13-12(14,15)20(16,17)11-8-4-5-9(11)18-10(19-11)6-2-1-3-7-10/h9H,1-8H2. The van der Waals surface area contributed by atoms with Crippen molar-refractivity contribution in [2.45, 2.75) is 73.7 Å². The van der Waals surface area contributed by atoms with Crippen LogP contribution in [0.3, 0.4) is 0 Å². The zero-order valence-corrected chi connectivity index (χ0v) is 11.7. The Kier molecular flexibility index (Phi) is 3.16. The fraction of sp³-hybridized carbons (Fsp3) is 1.00. The SMILES string of the molecule is O=S(=O)(C(F)(F)F)C12CCCC1OC1(CCCCC1)O2. The summed E-state index contributed by atoms with van der Waals surface area (Å²) in [6.45, 7) is 0. The minimum absolute atomic E-state index is 0.138. The molecule has 3 rings (SSSR count). The summed E-state index contributed by atoms with van der Waals surface area (Å²) in [5, 5.41) is 0. The molecular weight excluding hydrogens is 297 g/mol. The van der Waals surface area contributed by atoms with Gasteiger partial charge in [-0.3, -0.25) is 0 Å². The molecule has 4 nitrogen and oxygen atoms in total. The summed E-state index contributed by atoms with van der Waals surface area (Å²) in [6, 6.07) is 0. The van der Waals surface area contributed by atoms with Gasteiger partial charge in [-0.2, -0.15) is 13.2 Å². The van der Waals surface area contributed by atoms with Crippen molar-refractivity contribution in [3.8, 4) is 0 Å². The van der Waals surface area contributed by atoms with Crippen molar-refractivity contribution in [1.29, 1.82) is 0 Å². The number of hydrogen-bond donors (Lipinski definition) is 0. The maximum atomic E-state index is 13.0. The van der Waals surface area contributed by atoms with Gasteiger partial charge in [0, 0.05) is 12.8 Å². The van der Waals surface area contributed by atoms with E-state index in [1.165, 1.54) is 0 Å². The first kappa shape index (κ1) is 14.6. The van der Waals surface area contributed by atoms with Gasteiger partial charge in [-0.05, 0) is 32.1 Å². The van der Waals surface area contributed by atoms with E-state index in [1.807, 2.05) is 0 Å². The Hall–Kier alpha value is -0.340. The van der Waals surface area contributed by atoms with Crippen LogP contribution in [0, 0.1) is 0 Å². The van der Waals surface area contributed by atoms with E-state index in [0.29, 0.717) is 25.7 Å². The average molecular weight is 314 g/mol. The van der Waals surface area contributed by atoms with Crippen LogP contribution < -0.4 is 0 Å². The summed E-state index contributed by atoms with van der Waals surface area (Å²) < 4.78 is 74.0. The molecule has 0 N–H and O–H groups in total. The number of ether oxygens (including phenoxy) is 2. The first-order chi connectivity index (χ1) is 9.23. The molecule has 1 saturated heterocycles. The Morgan fingerprint density at radius 1 is 1.00 bits per heavy atom. The van der Waals surface area contributed by atoms with Crippen molar-refractivity contribution in [3.63, 3.8) is 0 Å². The molecule has 1 aliphatic heterocycles. The molecule has 0 aromatic rings. The van der Waals surface area contributed by atoms with Crippen molar-refractivity contribution in [3.05, 3.63) is 0 Å². The Bertz CT molecular complexity index is 495. The third-order valence-corrected chi connectivity index (χ3v) is 6.64. The second-order valence-corrected chi connectivity index (χ2v) is 7.99. The van der Waals surface area contributed by atoms with Crippen molar-refractivity contribution in [2.75, 3.05) is 0 Å². The van der Waals surface area contributed by atoms with Crippen LogP contribution in [0.4, 0.5) is 13.2 Å². The summed E-state index contributed by atoms with van der Waals surface area (Å²) in [4.78, 5) is -2.22. The molecule has 3 aliphatic rings. The average Bonchev–Trinajstić information content (AvgIpc) is 2.84. The van der Waals surface area contributed by atoms with Crippen LogP contribution in [0.15, 0.2) is 0 Å². The minimum Gasteiger partial charge on any atom is -0.342 e. The van der Waals surface area contributed by atoms with Crippen LogP contribution in [0.1, 0.15) is 51.4 Å². The molecule has 0 amide bonds. The van der Waals surface area contributed by atoms with E-state index in [-0.39, 0.29) is 6.42 Å². The fourth-order valence-corrected chi connectivity index (χ4v) is 5.23. The van der Waals surface area contributed by atoms with Crippen LogP contribution in [0.2, 0.25) is 0 Å². The zero-order valence-electron chi connectivity index (χ0n) is 10.9. The fourth-order valence-electron chi connectivity index (χ4n) is 3.65. The summed E-state index contributed by atoms with van der Waals surface area (Å²) in [5.74, 6) is -1.12. The maximum Gasteiger partial charge on any atom is 0.500 e. The van der Waals surface area contributed by atoms with Gasteiger partial charge in [0.15, 0.2) is 5.79 Å². The van der Waals surface area contributed by atoms with Gasteiger partial charge in [0.2, 0.25) is 4.93 Å². The van der Waals surface area contributed by atoms with Gasteiger partial charge in [-0.1, -0.05) is 6.42 Å². The number of sulfone groups is 1. The topological polar surface area (TPSA) is 52.6 Å². The van der Waals surface area contributed by atoms with Crippen molar-refractivity contribution in [2.24, 2.45) is 0 Å². The van der Waals surface area contributed by atoms with Crippen molar-refractivity contribution in [1.82, 2.24) is 0 Å². The largest absolute Gasteiger partial charge is 0.500 e. The van der Waals surface area contributed by atoms with E-state index >= 15 is 0 Å². The monoisotopic (exact) mass is 314 g/mol. The molecule has 2 saturated carbocycles. The highest BCUT2D eigenvalue weighted by Gasteiger charge is 2.72. The highest BCUT2D eigenvalue weighted by Crippen LogP contribution is 2.56. The third-order valence-electron chi connectivity index (χ3n) is 4.57. The molecule has 0 bridgehead atoms. The van der Waals surface area contributed by atoms with Crippen LogP contribution >= 0.6 is 0 Å². The Balaban J connectivity index is 1.99. The van der Waals surface area contributed by atoms with E-state index in [2.05, 4.69) is 0 Å². The zero-order chi connectivity index (χ0) is 14.6. The van der Waals surface area contributed by atoms with Gasteiger partial charge in [-0.25, -0.2) is 8.42 Å². The lowest BCUT2D eigenvalue weighted by Gasteiger charge is -2.34. The molecule has 0 aromatic heterocycles. The number of alkyl halides is 3. The van der Waals surface area contributed by atoms with Crippen LogP contribution in [0.25, 0.3) is 0 Å². The summed E-state index contributed by atoms with van der Waals surface area (Å²) in [6.07, 6.45) is 3.03. The van der Waals surface area contributed by atoms with Gasteiger partial charge in [0.1, 0.15) is 6.10 Å². The van der Waals surface area contributed by atoms with E-state index in [9.17, 15) is 21.6 Å². The minimum atomic E-state index is -5.40. The van der Waals surface area contributed by atoms with Crippen LogP contribution in [-0.4, -0.2) is 30.8 Å². The molecule has 8 heteroatoms. The maximum absolute atomic E-state index is 13.0. The van der Waals surface area contributed by atoms with Gasteiger partial charge in [-0.15, -0.1) is 0 Å². The lowest BCUT2D eigenvalue weighted by atomic mass is 9.94. The predicted octanol–water partition coefficient (Wildman–Crippen LogP) is 2.88. The van der Waals surface area contributed by atoms with Crippen molar-refractivity contribution < 1.29 is 31.1 Å². The Morgan fingerprint density at radius 2 is 1.65 bits per heavy atom. The molecule has 116 valence electrons. The molecule has 1 heterocycles. The lowest BCUT2D eigenvalue weighted by molar-refractivity contribution is -0.203.